The summed E-state index contributed by atoms with van der Waals surface area (Å²) in [4.78, 5) is 26.8. The second-order valence-corrected chi connectivity index (χ2v) is 6.93. The number of aromatic nitrogens is 2. The fraction of sp³-hybridized carbons (Fsp3) is 0.722. The van der Waals surface area contributed by atoms with Gasteiger partial charge in [-0.1, -0.05) is 38.5 Å². The van der Waals surface area contributed by atoms with Crippen molar-refractivity contribution >= 4 is 11.9 Å². The maximum Gasteiger partial charge on any atom is 0.356 e. The fourth-order valence-corrected chi connectivity index (χ4v) is 4.07. The van der Waals surface area contributed by atoms with Gasteiger partial charge in [-0.25, -0.2) is 4.79 Å². The average molecular weight is 333 g/mol. The molecule has 0 aromatic carbocycles. The first kappa shape index (κ1) is 17.0. The van der Waals surface area contributed by atoms with Gasteiger partial charge in [0.2, 0.25) is 0 Å². The van der Waals surface area contributed by atoms with Crippen LogP contribution in [0.15, 0.2) is 12.3 Å². The normalized spacial score (nSPS) is 19.8. The van der Waals surface area contributed by atoms with Crippen molar-refractivity contribution in [2.24, 2.45) is 0 Å². The zero-order valence-corrected chi connectivity index (χ0v) is 14.2. The van der Waals surface area contributed by atoms with Gasteiger partial charge in [0.15, 0.2) is 6.61 Å². The molecule has 6 heteroatoms. The quantitative estimate of drug-likeness (QED) is 0.840. The van der Waals surface area contributed by atoms with Crippen LogP contribution in [0.25, 0.3) is 0 Å². The van der Waals surface area contributed by atoms with Gasteiger partial charge in [-0.2, -0.15) is 5.10 Å². The summed E-state index contributed by atoms with van der Waals surface area (Å²) < 4.78 is 5.21. The van der Waals surface area contributed by atoms with Crippen molar-refractivity contribution in [3.8, 4) is 0 Å². The Hall–Kier alpha value is -1.85. The van der Waals surface area contributed by atoms with Gasteiger partial charge >= 0.3 is 5.97 Å². The molecular weight excluding hydrogens is 306 g/mol. The lowest BCUT2D eigenvalue weighted by atomic mass is 9.88. The van der Waals surface area contributed by atoms with Gasteiger partial charge in [0.25, 0.3) is 5.91 Å². The number of esters is 1. The van der Waals surface area contributed by atoms with E-state index in [2.05, 4.69) is 15.1 Å². The van der Waals surface area contributed by atoms with E-state index in [0.717, 1.165) is 25.7 Å². The molecule has 0 aliphatic heterocycles. The number of nitrogens with one attached hydrogen (secondary N) is 1. The zero-order valence-electron chi connectivity index (χ0n) is 14.2. The molecule has 2 saturated carbocycles. The summed E-state index contributed by atoms with van der Waals surface area (Å²) in [5.41, 5.74) is 0.282. The Labute approximate surface area is 142 Å². The second kappa shape index (κ2) is 8.31. The predicted octanol–water partition coefficient (Wildman–Crippen LogP) is 3.06. The molecule has 0 unspecified atom stereocenters. The van der Waals surface area contributed by atoms with Gasteiger partial charge in [-0.3, -0.25) is 9.89 Å². The Bertz CT molecular complexity index is 514. The molecule has 0 saturated heterocycles. The highest BCUT2D eigenvalue weighted by Crippen LogP contribution is 2.30. The van der Waals surface area contributed by atoms with Crippen molar-refractivity contribution < 1.29 is 14.3 Å². The number of nitrogens with zero attached hydrogens (tertiary/aromatic N) is 2. The number of hydrogen-bond acceptors (Lipinski definition) is 4. The molecular formula is C18H27N3O3. The molecule has 1 N–H and O–H groups in total. The molecule has 1 heterocycles. The topological polar surface area (TPSA) is 75.3 Å². The van der Waals surface area contributed by atoms with E-state index >= 15 is 0 Å². The van der Waals surface area contributed by atoms with Crippen molar-refractivity contribution in [3.05, 3.63) is 18.0 Å². The maximum absolute atomic E-state index is 12.8. The third-order valence-electron chi connectivity index (χ3n) is 5.27. The summed E-state index contributed by atoms with van der Waals surface area (Å²) in [5.74, 6) is -0.560. The van der Waals surface area contributed by atoms with E-state index in [0.29, 0.717) is 12.1 Å². The van der Waals surface area contributed by atoms with Gasteiger partial charge in [-0.15, -0.1) is 0 Å². The molecule has 2 aliphatic rings. The Morgan fingerprint density at radius 1 is 1.04 bits per heavy atom. The first-order chi connectivity index (χ1) is 11.8. The molecule has 2 fully saturated rings. The minimum absolute atomic E-state index is 0.0401. The minimum atomic E-state index is -0.520. The number of ether oxygens (including phenoxy) is 1. The fourth-order valence-electron chi connectivity index (χ4n) is 4.07. The van der Waals surface area contributed by atoms with Crippen LogP contribution in [-0.2, 0) is 9.53 Å². The lowest BCUT2D eigenvalue weighted by Crippen LogP contribution is -2.50. The highest BCUT2D eigenvalue weighted by molar-refractivity contribution is 5.89. The molecule has 1 amide bonds. The third kappa shape index (κ3) is 4.16. The van der Waals surface area contributed by atoms with Crippen LogP contribution < -0.4 is 0 Å². The van der Waals surface area contributed by atoms with Crippen molar-refractivity contribution in [2.45, 2.75) is 76.3 Å². The predicted molar refractivity (Wildman–Crippen MR) is 89.5 cm³/mol. The van der Waals surface area contributed by atoms with Crippen molar-refractivity contribution in [1.82, 2.24) is 15.1 Å². The Balaban J connectivity index is 1.62. The van der Waals surface area contributed by atoms with Crippen molar-refractivity contribution in [1.29, 1.82) is 0 Å². The summed E-state index contributed by atoms with van der Waals surface area (Å²) in [7, 11) is 0. The number of amides is 1. The first-order valence-electron chi connectivity index (χ1n) is 9.23. The van der Waals surface area contributed by atoms with Gasteiger partial charge < -0.3 is 9.64 Å². The Morgan fingerprint density at radius 2 is 1.62 bits per heavy atom. The van der Waals surface area contributed by atoms with Crippen molar-refractivity contribution in [2.75, 3.05) is 6.61 Å². The van der Waals surface area contributed by atoms with E-state index in [4.69, 9.17) is 4.74 Å². The summed E-state index contributed by atoms with van der Waals surface area (Å²) in [6.07, 6.45) is 13.1. The van der Waals surface area contributed by atoms with Gasteiger partial charge in [0, 0.05) is 18.3 Å². The van der Waals surface area contributed by atoms with E-state index in [1.54, 1.807) is 6.07 Å². The van der Waals surface area contributed by atoms with Crippen LogP contribution in [0.5, 0.6) is 0 Å². The molecule has 1 aromatic heterocycles. The molecule has 0 spiro atoms. The lowest BCUT2D eigenvalue weighted by Gasteiger charge is -2.41. The van der Waals surface area contributed by atoms with Gasteiger partial charge in [0.1, 0.15) is 5.69 Å². The number of aromatic amines is 1. The maximum atomic E-state index is 12.8. The Morgan fingerprint density at radius 3 is 2.12 bits per heavy atom. The van der Waals surface area contributed by atoms with Crippen LogP contribution in [0.2, 0.25) is 0 Å². The van der Waals surface area contributed by atoms with Crippen LogP contribution in [0.1, 0.15) is 74.7 Å². The zero-order chi connectivity index (χ0) is 16.8. The van der Waals surface area contributed by atoms with E-state index in [1.165, 1.54) is 44.7 Å². The van der Waals surface area contributed by atoms with Gasteiger partial charge in [0.05, 0.1) is 0 Å². The highest BCUT2D eigenvalue weighted by atomic mass is 16.5. The number of H-pyrrole nitrogens is 1. The third-order valence-corrected chi connectivity index (χ3v) is 5.27. The Kier molecular flexibility index (Phi) is 5.88. The molecule has 6 nitrogen and oxygen atoms in total. The summed E-state index contributed by atoms with van der Waals surface area (Å²) in [6.45, 7) is -0.176. The smallest absolute Gasteiger partial charge is 0.356 e. The largest absolute Gasteiger partial charge is 0.451 e. The average Bonchev–Trinajstić information content (AvgIpc) is 3.16. The number of rotatable bonds is 5. The lowest BCUT2D eigenvalue weighted by molar-refractivity contribution is -0.141. The van der Waals surface area contributed by atoms with Gasteiger partial charge in [-0.05, 0) is 31.7 Å². The van der Waals surface area contributed by atoms with Crippen LogP contribution >= 0.6 is 0 Å². The first-order valence-corrected chi connectivity index (χ1v) is 9.23. The molecule has 3 rings (SSSR count). The standard InChI is InChI=1S/C18H27N3O3/c22-17(13-24-18(23)16-11-12-19-20-16)21(14-7-3-1-4-8-14)15-9-5-2-6-10-15/h11-12,14-15H,1-10,13H2,(H,19,20). The van der Waals surface area contributed by atoms with E-state index in [-0.39, 0.29) is 18.2 Å². The van der Waals surface area contributed by atoms with Crippen LogP contribution in [0, 0.1) is 0 Å². The SMILES string of the molecule is O=C(OCC(=O)N(C1CCCCC1)C1CCCCC1)c1ccn[nH]1. The molecule has 132 valence electrons. The molecule has 0 radical (unpaired) electrons. The number of hydrogen-bond donors (Lipinski definition) is 1. The molecule has 0 bridgehead atoms. The summed E-state index contributed by atoms with van der Waals surface area (Å²) in [6, 6.07) is 2.19. The van der Waals surface area contributed by atoms with Crippen molar-refractivity contribution in [3.63, 3.8) is 0 Å². The molecule has 1 aromatic rings. The van der Waals surface area contributed by atoms with Crippen LogP contribution in [-0.4, -0.2) is 45.7 Å². The second-order valence-electron chi connectivity index (χ2n) is 6.93. The van der Waals surface area contributed by atoms with E-state index < -0.39 is 5.97 Å². The van der Waals surface area contributed by atoms with E-state index in [1.807, 2.05) is 0 Å². The molecule has 0 atom stereocenters. The molecule has 2 aliphatic carbocycles. The number of carbonyl (C=O) groups excluding carboxylic acids is 2. The highest BCUT2D eigenvalue weighted by Gasteiger charge is 2.32. The summed E-state index contributed by atoms with van der Waals surface area (Å²) in [5, 5.41) is 6.30. The number of carbonyl (C=O) groups is 2. The van der Waals surface area contributed by atoms with E-state index in [9.17, 15) is 9.59 Å². The molecule has 24 heavy (non-hydrogen) atoms. The minimum Gasteiger partial charge on any atom is -0.451 e. The monoisotopic (exact) mass is 333 g/mol. The summed E-state index contributed by atoms with van der Waals surface area (Å²) >= 11 is 0. The van der Waals surface area contributed by atoms with Crippen LogP contribution in [0.3, 0.4) is 0 Å². The van der Waals surface area contributed by atoms with Crippen LogP contribution in [0.4, 0.5) is 0 Å².